The highest BCUT2D eigenvalue weighted by atomic mass is 16.5. The summed E-state index contributed by atoms with van der Waals surface area (Å²) in [5.41, 5.74) is 0. The number of hydrogen-bond acceptors (Lipinski definition) is 4. The molecular weight excluding hydrogens is 206 g/mol. The fraction of sp³-hybridized carbons (Fsp3) is 0.917. The van der Waals surface area contributed by atoms with E-state index < -0.39 is 0 Å². The molecule has 0 amide bonds. The van der Waals surface area contributed by atoms with E-state index in [0.29, 0.717) is 12.5 Å². The van der Waals surface area contributed by atoms with E-state index in [9.17, 15) is 4.79 Å². The lowest BCUT2D eigenvalue weighted by Crippen LogP contribution is -2.45. The predicted octanol–water partition coefficient (Wildman–Crippen LogP) is 1.03. The van der Waals surface area contributed by atoms with Gasteiger partial charge in [0.25, 0.3) is 0 Å². The summed E-state index contributed by atoms with van der Waals surface area (Å²) in [5, 5.41) is 9.05. The quantitative estimate of drug-likeness (QED) is 0.632. The van der Waals surface area contributed by atoms with Gasteiger partial charge >= 0.3 is 5.97 Å². The molecule has 0 spiro atoms. The lowest BCUT2D eigenvalue weighted by Gasteiger charge is -2.29. The van der Waals surface area contributed by atoms with Crippen LogP contribution in [0.1, 0.15) is 32.6 Å². The van der Waals surface area contributed by atoms with Crippen LogP contribution in [0.15, 0.2) is 0 Å². The Morgan fingerprint density at radius 3 is 2.62 bits per heavy atom. The van der Waals surface area contributed by atoms with E-state index in [0.717, 1.165) is 32.2 Å². The van der Waals surface area contributed by atoms with Gasteiger partial charge in [-0.25, -0.2) is 0 Å². The summed E-state index contributed by atoms with van der Waals surface area (Å²) >= 11 is 0. The van der Waals surface area contributed by atoms with Crippen molar-refractivity contribution in [3.8, 4) is 0 Å². The molecule has 1 rings (SSSR count). The van der Waals surface area contributed by atoms with Crippen molar-refractivity contribution in [3.63, 3.8) is 0 Å². The van der Waals surface area contributed by atoms with Crippen LogP contribution in [0.3, 0.4) is 0 Å². The highest BCUT2D eigenvalue weighted by Gasteiger charge is 2.40. The van der Waals surface area contributed by atoms with E-state index in [-0.39, 0.29) is 18.6 Å². The molecule has 0 saturated heterocycles. The first-order valence-electron chi connectivity index (χ1n) is 6.17. The van der Waals surface area contributed by atoms with Gasteiger partial charge in [0.2, 0.25) is 0 Å². The molecule has 0 radical (unpaired) electrons. The minimum Gasteiger partial charge on any atom is -0.468 e. The zero-order chi connectivity index (χ0) is 12.0. The molecule has 94 valence electrons. The third-order valence-electron chi connectivity index (χ3n) is 3.09. The first-order chi connectivity index (χ1) is 7.74. The number of aliphatic hydroxyl groups is 1. The van der Waals surface area contributed by atoms with Gasteiger partial charge in [-0.15, -0.1) is 0 Å². The number of aliphatic hydroxyl groups excluding tert-OH is 1. The van der Waals surface area contributed by atoms with Gasteiger partial charge in [-0.05, 0) is 31.7 Å². The number of methoxy groups -OCH3 is 1. The smallest absolute Gasteiger partial charge is 0.323 e. The van der Waals surface area contributed by atoms with Gasteiger partial charge in [0, 0.05) is 6.54 Å². The minimum atomic E-state index is -0.146. The zero-order valence-corrected chi connectivity index (χ0v) is 10.3. The van der Waals surface area contributed by atoms with Crippen molar-refractivity contribution < 1.29 is 14.6 Å². The summed E-state index contributed by atoms with van der Waals surface area (Å²) in [5.74, 6) is 0.294. The van der Waals surface area contributed by atoms with E-state index in [1.54, 1.807) is 0 Å². The van der Waals surface area contributed by atoms with Crippen molar-refractivity contribution in [2.75, 3.05) is 26.8 Å². The highest BCUT2D eigenvalue weighted by molar-refractivity contribution is 5.76. The van der Waals surface area contributed by atoms with Gasteiger partial charge < -0.3 is 9.84 Å². The Balaban J connectivity index is 2.58. The molecule has 1 unspecified atom stereocenters. The van der Waals surface area contributed by atoms with Gasteiger partial charge in [0.1, 0.15) is 6.04 Å². The Morgan fingerprint density at radius 1 is 1.50 bits per heavy atom. The van der Waals surface area contributed by atoms with E-state index >= 15 is 0 Å². The number of hydrogen-bond donors (Lipinski definition) is 1. The predicted molar refractivity (Wildman–Crippen MR) is 62.1 cm³/mol. The third-order valence-corrected chi connectivity index (χ3v) is 3.09. The summed E-state index contributed by atoms with van der Waals surface area (Å²) in [4.78, 5) is 13.8. The fourth-order valence-electron chi connectivity index (χ4n) is 2.05. The molecule has 0 aromatic carbocycles. The molecule has 4 nitrogen and oxygen atoms in total. The number of rotatable bonds is 8. The molecule has 0 aromatic heterocycles. The van der Waals surface area contributed by atoms with Crippen LogP contribution in [0.2, 0.25) is 0 Å². The average Bonchev–Trinajstić information content (AvgIpc) is 3.10. The molecule has 4 heteroatoms. The largest absolute Gasteiger partial charge is 0.468 e. The molecule has 1 fully saturated rings. The number of ether oxygens (including phenoxy) is 1. The van der Waals surface area contributed by atoms with Gasteiger partial charge in [0.15, 0.2) is 0 Å². The Hall–Kier alpha value is -0.610. The van der Waals surface area contributed by atoms with Gasteiger partial charge in [0.05, 0.1) is 13.7 Å². The monoisotopic (exact) mass is 229 g/mol. The normalized spacial score (nSPS) is 17.5. The Bertz CT molecular complexity index is 216. The summed E-state index contributed by atoms with van der Waals surface area (Å²) in [6, 6.07) is -0.135. The maximum Gasteiger partial charge on any atom is 0.323 e. The highest BCUT2D eigenvalue weighted by Crippen LogP contribution is 2.36. The van der Waals surface area contributed by atoms with Crippen molar-refractivity contribution in [1.29, 1.82) is 0 Å². The molecule has 0 aliphatic heterocycles. The standard InChI is InChI=1S/C12H23NO3/c1-3-4-7-13(8-9-14)11(10-5-6-10)12(15)16-2/h10-11,14H,3-9H2,1-2H3. The SMILES string of the molecule is CCCCN(CCO)C(C(=O)OC)C1CC1. The summed E-state index contributed by atoms with van der Waals surface area (Å²) < 4.78 is 4.86. The molecule has 0 aromatic rings. The van der Waals surface area contributed by atoms with E-state index in [2.05, 4.69) is 11.8 Å². The molecule has 16 heavy (non-hydrogen) atoms. The molecule has 1 aliphatic carbocycles. The Morgan fingerprint density at radius 2 is 2.19 bits per heavy atom. The maximum absolute atomic E-state index is 11.7. The third kappa shape index (κ3) is 3.76. The lowest BCUT2D eigenvalue weighted by atomic mass is 10.1. The first-order valence-corrected chi connectivity index (χ1v) is 6.17. The van der Waals surface area contributed by atoms with Crippen LogP contribution in [-0.2, 0) is 9.53 Å². The van der Waals surface area contributed by atoms with Crippen molar-refractivity contribution in [2.24, 2.45) is 5.92 Å². The fourth-order valence-corrected chi connectivity index (χ4v) is 2.05. The van der Waals surface area contributed by atoms with Crippen LogP contribution in [0.4, 0.5) is 0 Å². The first kappa shape index (κ1) is 13.5. The second kappa shape index (κ2) is 6.86. The van der Waals surface area contributed by atoms with Gasteiger partial charge in [-0.1, -0.05) is 13.3 Å². The van der Waals surface area contributed by atoms with Crippen LogP contribution >= 0.6 is 0 Å². The summed E-state index contributed by atoms with van der Waals surface area (Å²) in [7, 11) is 1.44. The van der Waals surface area contributed by atoms with E-state index in [1.165, 1.54) is 7.11 Å². The molecule has 1 atom stereocenters. The number of unbranched alkanes of at least 4 members (excludes halogenated alkanes) is 1. The number of esters is 1. The van der Waals surface area contributed by atoms with Crippen LogP contribution < -0.4 is 0 Å². The summed E-state index contributed by atoms with van der Waals surface area (Å²) in [6.45, 7) is 3.66. The van der Waals surface area contributed by atoms with Crippen molar-refractivity contribution in [1.82, 2.24) is 4.90 Å². The van der Waals surface area contributed by atoms with Crippen LogP contribution in [0, 0.1) is 5.92 Å². The van der Waals surface area contributed by atoms with E-state index in [4.69, 9.17) is 9.84 Å². The molecular formula is C12H23NO3. The second-order valence-electron chi connectivity index (χ2n) is 4.42. The molecule has 0 bridgehead atoms. The van der Waals surface area contributed by atoms with Crippen molar-refractivity contribution in [2.45, 2.75) is 38.6 Å². The second-order valence-corrected chi connectivity index (χ2v) is 4.42. The van der Waals surface area contributed by atoms with E-state index in [1.807, 2.05) is 0 Å². The number of carbonyl (C=O) groups is 1. The maximum atomic E-state index is 11.7. The van der Waals surface area contributed by atoms with Crippen LogP contribution in [-0.4, -0.2) is 48.8 Å². The number of carbonyl (C=O) groups excluding carboxylic acids is 1. The summed E-state index contributed by atoms with van der Waals surface area (Å²) in [6.07, 6.45) is 4.36. The van der Waals surface area contributed by atoms with Crippen LogP contribution in [0.25, 0.3) is 0 Å². The molecule has 1 aliphatic rings. The number of nitrogens with zero attached hydrogens (tertiary/aromatic N) is 1. The van der Waals surface area contributed by atoms with Crippen LogP contribution in [0.5, 0.6) is 0 Å². The zero-order valence-electron chi connectivity index (χ0n) is 10.3. The topological polar surface area (TPSA) is 49.8 Å². The van der Waals surface area contributed by atoms with Gasteiger partial charge in [-0.3, -0.25) is 9.69 Å². The minimum absolute atomic E-state index is 0.101. The van der Waals surface area contributed by atoms with Crippen molar-refractivity contribution >= 4 is 5.97 Å². The lowest BCUT2D eigenvalue weighted by molar-refractivity contribution is -0.148. The van der Waals surface area contributed by atoms with Crippen molar-refractivity contribution in [3.05, 3.63) is 0 Å². The molecule has 1 saturated carbocycles. The molecule has 1 N–H and O–H groups in total. The molecule has 0 heterocycles. The van der Waals surface area contributed by atoms with Gasteiger partial charge in [-0.2, -0.15) is 0 Å². The Labute approximate surface area is 97.6 Å². The Kier molecular flexibility index (Phi) is 5.77. The average molecular weight is 229 g/mol.